The van der Waals surface area contributed by atoms with Gasteiger partial charge in [0, 0.05) is 22.8 Å². The van der Waals surface area contributed by atoms with Crippen LogP contribution in [0.15, 0.2) is 54.0 Å². The number of aryl methyl sites for hydroxylation is 1. The number of halogens is 4. The van der Waals surface area contributed by atoms with E-state index >= 15 is 0 Å². The van der Waals surface area contributed by atoms with Crippen LogP contribution in [-0.2, 0) is 6.18 Å². The van der Waals surface area contributed by atoms with Crippen LogP contribution in [0.25, 0.3) is 16.8 Å². The fourth-order valence-electron chi connectivity index (χ4n) is 2.38. The molecule has 0 bridgehead atoms. The second kappa shape index (κ2) is 8.05. The fourth-order valence-corrected chi connectivity index (χ4v) is 3.40. The Hall–Kier alpha value is -2.82. The highest BCUT2D eigenvalue weighted by Gasteiger charge is 2.33. The summed E-state index contributed by atoms with van der Waals surface area (Å²) in [4.78, 5) is 4.45. The maximum Gasteiger partial charge on any atom is 0.417 e. The molecule has 1 heterocycles. The molecular formula is C20H13ClF3N3S. The largest absolute Gasteiger partial charge is 0.417 e. The van der Waals surface area contributed by atoms with E-state index in [4.69, 9.17) is 11.6 Å². The van der Waals surface area contributed by atoms with Crippen molar-refractivity contribution in [2.24, 2.45) is 0 Å². The summed E-state index contributed by atoms with van der Waals surface area (Å²) >= 11 is 6.90. The number of alkyl halides is 3. The number of anilines is 1. The van der Waals surface area contributed by atoms with Gasteiger partial charge in [0.25, 0.3) is 0 Å². The number of nitrogens with zero attached hydrogens (tertiary/aromatic N) is 2. The molecule has 0 fully saturated rings. The lowest BCUT2D eigenvalue weighted by Crippen LogP contribution is -2.06. The molecule has 0 unspecified atom stereocenters. The van der Waals surface area contributed by atoms with Crippen molar-refractivity contribution in [3.8, 4) is 17.3 Å². The molecule has 0 saturated heterocycles. The van der Waals surface area contributed by atoms with Crippen molar-refractivity contribution >= 4 is 34.2 Å². The predicted octanol–water partition coefficient (Wildman–Crippen LogP) is 6.77. The van der Waals surface area contributed by atoms with Crippen LogP contribution in [0.5, 0.6) is 0 Å². The van der Waals surface area contributed by atoms with Crippen molar-refractivity contribution in [2.45, 2.75) is 13.1 Å². The Morgan fingerprint density at radius 2 is 1.93 bits per heavy atom. The second-order valence-electron chi connectivity index (χ2n) is 5.91. The average Bonchev–Trinajstić information content (AvgIpc) is 3.13. The minimum Gasteiger partial charge on any atom is -0.360 e. The van der Waals surface area contributed by atoms with Crippen molar-refractivity contribution < 1.29 is 13.2 Å². The first-order valence-corrected chi connectivity index (χ1v) is 9.30. The van der Waals surface area contributed by atoms with Crippen LogP contribution in [0.2, 0.25) is 5.02 Å². The highest BCUT2D eigenvalue weighted by molar-refractivity contribution is 7.11. The Morgan fingerprint density at radius 1 is 1.21 bits per heavy atom. The summed E-state index contributed by atoms with van der Waals surface area (Å²) in [6, 6.07) is 13.3. The molecule has 28 heavy (non-hydrogen) atoms. The van der Waals surface area contributed by atoms with E-state index < -0.39 is 11.7 Å². The van der Waals surface area contributed by atoms with E-state index in [1.165, 1.54) is 23.6 Å². The van der Waals surface area contributed by atoms with Crippen molar-refractivity contribution in [1.29, 1.82) is 5.26 Å². The molecule has 0 saturated carbocycles. The van der Waals surface area contributed by atoms with Gasteiger partial charge in [-0.2, -0.15) is 18.4 Å². The highest BCUT2D eigenvalue weighted by atomic mass is 35.5. The lowest BCUT2D eigenvalue weighted by molar-refractivity contribution is -0.137. The minimum absolute atomic E-state index is 0.166. The van der Waals surface area contributed by atoms with E-state index in [1.54, 1.807) is 0 Å². The Kier molecular flexibility index (Phi) is 5.73. The third kappa shape index (κ3) is 4.53. The molecule has 1 N–H and O–H groups in total. The maximum absolute atomic E-state index is 13.0. The van der Waals surface area contributed by atoms with Gasteiger partial charge in [0.2, 0.25) is 0 Å². The summed E-state index contributed by atoms with van der Waals surface area (Å²) in [5.41, 5.74) is 2.22. The van der Waals surface area contributed by atoms with E-state index in [2.05, 4.69) is 10.3 Å². The van der Waals surface area contributed by atoms with Gasteiger partial charge in [0.15, 0.2) is 0 Å². The number of allylic oxidation sites excluding steroid dienone is 1. The smallest absolute Gasteiger partial charge is 0.360 e. The number of nitrogens with one attached hydrogen (secondary N) is 1. The van der Waals surface area contributed by atoms with Gasteiger partial charge < -0.3 is 5.32 Å². The van der Waals surface area contributed by atoms with E-state index in [-0.39, 0.29) is 16.3 Å². The minimum atomic E-state index is -4.56. The van der Waals surface area contributed by atoms with Crippen molar-refractivity contribution in [3.05, 3.63) is 75.2 Å². The van der Waals surface area contributed by atoms with E-state index in [9.17, 15) is 18.4 Å². The second-order valence-corrected chi connectivity index (χ2v) is 7.18. The summed E-state index contributed by atoms with van der Waals surface area (Å²) in [5.74, 6) is 0. The molecule has 8 heteroatoms. The van der Waals surface area contributed by atoms with Crippen molar-refractivity contribution in [2.75, 3.05) is 5.32 Å². The predicted molar refractivity (Wildman–Crippen MR) is 106 cm³/mol. The Morgan fingerprint density at radius 3 is 2.57 bits per heavy atom. The number of thiazole rings is 1. The fraction of sp³-hybridized carbons (Fsp3) is 0.100. The van der Waals surface area contributed by atoms with Gasteiger partial charge in [-0.15, -0.1) is 11.3 Å². The topological polar surface area (TPSA) is 48.7 Å². The van der Waals surface area contributed by atoms with Gasteiger partial charge in [-0.1, -0.05) is 41.4 Å². The third-order valence-electron chi connectivity index (χ3n) is 3.86. The molecule has 0 aliphatic rings. The first kappa shape index (κ1) is 19.9. The lowest BCUT2D eigenvalue weighted by atomic mass is 10.1. The standard InChI is InChI=1S/C20H13ClF3N3S/c1-12-2-4-13(5-3-12)18-11-28-19(27-18)14(9-25)10-26-15-6-7-17(21)16(8-15)20(22,23)24/h2-8,10-11,26H,1H3/b14-10+. The van der Waals surface area contributed by atoms with Crippen LogP contribution in [0, 0.1) is 18.3 Å². The summed E-state index contributed by atoms with van der Waals surface area (Å²) in [5, 5.41) is 14.0. The molecule has 3 rings (SSSR count). The third-order valence-corrected chi connectivity index (χ3v) is 5.06. The van der Waals surface area contributed by atoms with Crippen LogP contribution in [0.1, 0.15) is 16.1 Å². The van der Waals surface area contributed by atoms with E-state index in [1.807, 2.05) is 42.6 Å². The molecule has 1 aromatic heterocycles. The molecule has 142 valence electrons. The van der Waals surface area contributed by atoms with Gasteiger partial charge in [0.05, 0.1) is 16.3 Å². The monoisotopic (exact) mass is 419 g/mol. The lowest BCUT2D eigenvalue weighted by Gasteiger charge is -2.10. The van der Waals surface area contributed by atoms with Gasteiger partial charge in [-0.25, -0.2) is 4.98 Å². The van der Waals surface area contributed by atoms with Crippen LogP contribution in [0.3, 0.4) is 0 Å². The molecule has 0 atom stereocenters. The zero-order chi connectivity index (χ0) is 20.3. The molecule has 2 aromatic carbocycles. The molecule has 3 nitrogen and oxygen atoms in total. The zero-order valence-corrected chi connectivity index (χ0v) is 16.1. The zero-order valence-electron chi connectivity index (χ0n) is 14.5. The van der Waals surface area contributed by atoms with Crippen LogP contribution in [-0.4, -0.2) is 4.98 Å². The molecule has 0 amide bonds. The number of aromatic nitrogens is 1. The Balaban J connectivity index is 1.84. The van der Waals surface area contributed by atoms with E-state index in [0.29, 0.717) is 5.01 Å². The average molecular weight is 420 g/mol. The molecule has 0 aliphatic heterocycles. The van der Waals surface area contributed by atoms with Crippen LogP contribution >= 0.6 is 22.9 Å². The number of hydrogen-bond acceptors (Lipinski definition) is 4. The summed E-state index contributed by atoms with van der Waals surface area (Å²) in [6.45, 7) is 1.99. The summed E-state index contributed by atoms with van der Waals surface area (Å²) in [6.07, 6.45) is -3.23. The van der Waals surface area contributed by atoms with Gasteiger partial charge >= 0.3 is 6.18 Å². The number of hydrogen-bond donors (Lipinski definition) is 1. The molecule has 0 aliphatic carbocycles. The van der Waals surface area contributed by atoms with Gasteiger partial charge in [-0.05, 0) is 25.1 Å². The molecule has 3 aromatic rings. The molecular weight excluding hydrogens is 407 g/mol. The molecule has 0 radical (unpaired) electrons. The highest BCUT2D eigenvalue weighted by Crippen LogP contribution is 2.36. The van der Waals surface area contributed by atoms with Gasteiger partial charge in [-0.3, -0.25) is 0 Å². The van der Waals surface area contributed by atoms with E-state index in [0.717, 1.165) is 29.0 Å². The van der Waals surface area contributed by atoms with Crippen molar-refractivity contribution in [3.63, 3.8) is 0 Å². The Labute approximate surface area is 168 Å². The summed E-state index contributed by atoms with van der Waals surface area (Å²) in [7, 11) is 0. The number of rotatable bonds is 4. The maximum atomic E-state index is 13.0. The normalized spacial score (nSPS) is 11.9. The van der Waals surface area contributed by atoms with Crippen LogP contribution in [0.4, 0.5) is 18.9 Å². The van der Waals surface area contributed by atoms with Gasteiger partial charge in [0.1, 0.15) is 16.6 Å². The Bertz CT molecular complexity index is 1060. The first-order valence-electron chi connectivity index (χ1n) is 8.04. The van der Waals surface area contributed by atoms with Crippen LogP contribution < -0.4 is 5.32 Å². The SMILES string of the molecule is Cc1ccc(-c2csc(/C(C#N)=C/Nc3ccc(Cl)c(C(F)(F)F)c3)n2)cc1. The van der Waals surface area contributed by atoms with Crippen molar-refractivity contribution in [1.82, 2.24) is 4.98 Å². The summed E-state index contributed by atoms with van der Waals surface area (Å²) < 4.78 is 38.9. The first-order chi connectivity index (χ1) is 13.3. The number of benzene rings is 2. The number of nitriles is 1. The molecule has 0 spiro atoms. The quantitative estimate of drug-likeness (QED) is 0.475.